The number of carbonyl (C=O) groups is 2. The Hall–Kier alpha value is -3.59. The van der Waals surface area contributed by atoms with Gasteiger partial charge < -0.3 is 14.9 Å². The Morgan fingerprint density at radius 1 is 1.27 bits per heavy atom. The summed E-state index contributed by atoms with van der Waals surface area (Å²) in [5.41, 5.74) is 3.50. The first kappa shape index (κ1) is 26.5. The van der Waals surface area contributed by atoms with Crippen molar-refractivity contribution in [3.05, 3.63) is 70.6 Å². The maximum Gasteiger partial charge on any atom is 0.326 e. The number of aliphatic carboxylic acids is 1. The van der Waals surface area contributed by atoms with Crippen LogP contribution in [-0.2, 0) is 39.0 Å². The Balaban J connectivity index is 1.67. The molecule has 37 heavy (non-hydrogen) atoms. The highest BCUT2D eigenvalue weighted by atomic mass is 32.2. The second kappa shape index (κ2) is 10.8. The number of fused-ring (bicyclic) bond motifs is 1. The molecule has 0 bridgehead atoms. The quantitative estimate of drug-likeness (QED) is 0.519. The standard InChI is InChI=1S/C26H29N5O5S/c1-17-6-10-31(24(11-17)26(33)34)25(32)23(13-18-5-8-28-21(12-18)15-27)29-37(35,36)22-4-3-19-7-9-30(2)16-20(19)14-22/h3-6,8,12,14,23-24,29H,7,9-11,13,16H2,1-2H3,(H,33,34)/t23-,24+/m0/s1. The van der Waals surface area contributed by atoms with Crippen molar-refractivity contribution in [3.8, 4) is 6.07 Å². The number of amides is 1. The number of nitriles is 1. The summed E-state index contributed by atoms with van der Waals surface area (Å²) in [6.45, 7) is 3.37. The number of carbonyl (C=O) groups excluding carboxylic acids is 1. The maximum absolute atomic E-state index is 13.7. The number of carboxylic acids is 1. The van der Waals surface area contributed by atoms with E-state index in [4.69, 9.17) is 0 Å². The molecule has 1 amide bonds. The molecule has 2 aromatic rings. The minimum Gasteiger partial charge on any atom is -0.480 e. The summed E-state index contributed by atoms with van der Waals surface area (Å²) >= 11 is 0. The number of nitrogens with one attached hydrogen (secondary N) is 1. The van der Waals surface area contributed by atoms with Crippen LogP contribution in [-0.4, -0.2) is 72.4 Å². The molecule has 0 radical (unpaired) electrons. The highest BCUT2D eigenvalue weighted by Crippen LogP contribution is 2.24. The summed E-state index contributed by atoms with van der Waals surface area (Å²) in [6.07, 6.45) is 4.09. The highest BCUT2D eigenvalue weighted by Gasteiger charge is 2.37. The summed E-state index contributed by atoms with van der Waals surface area (Å²) < 4.78 is 29.5. The summed E-state index contributed by atoms with van der Waals surface area (Å²) in [5.74, 6) is -1.80. The van der Waals surface area contributed by atoms with E-state index in [0.29, 0.717) is 12.1 Å². The number of aromatic nitrogens is 1. The number of benzene rings is 1. The van der Waals surface area contributed by atoms with Gasteiger partial charge in [-0.3, -0.25) is 4.79 Å². The number of sulfonamides is 1. The van der Waals surface area contributed by atoms with Crippen LogP contribution in [0.5, 0.6) is 0 Å². The zero-order valence-corrected chi connectivity index (χ0v) is 21.5. The van der Waals surface area contributed by atoms with Gasteiger partial charge in [0.25, 0.3) is 0 Å². The average molecular weight is 524 g/mol. The van der Waals surface area contributed by atoms with Gasteiger partial charge in [0.05, 0.1) is 4.90 Å². The Morgan fingerprint density at radius 3 is 2.78 bits per heavy atom. The first-order valence-electron chi connectivity index (χ1n) is 11.9. The van der Waals surface area contributed by atoms with E-state index < -0.39 is 34.0 Å². The number of likely N-dealkylation sites (N-methyl/N-ethyl adjacent to an activating group) is 1. The van der Waals surface area contributed by atoms with Crippen molar-refractivity contribution in [1.29, 1.82) is 5.26 Å². The third-order valence-corrected chi connectivity index (χ3v) is 8.23. The van der Waals surface area contributed by atoms with Gasteiger partial charge in [-0.1, -0.05) is 17.7 Å². The van der Waals surface area contributed by atoms with Crippen LogP contribution in [0.1, 0.15) is 35.7 Å². The molecule has 0 saturated heterocycles. The molecular weight excluding hydrogens is 494 g/mol. The fourth-order valence-electron chi connectivity index (χ4n) is 4.72. The summed E-state index contributed by atoms with van der Waals surface area (Å²) in [5, 5.41) is 19.0. The predicted octanol–water partition coefficient (Wildman–Crippen LogP) is 1.46. The summed E-state index contributed by atoms with van der Waals surface area (Å²) in [7, 11) is -2.17. The van der Waals surface area contributed by atoms with Gasteiger partial charge in [0.15, 0.2) is 0 Å². The van der Waals surface area contributed by atoms with Crippen molar-refractivity contribution in [1.82, 2.24) is 19.5 Å². The lowest BCUT2D eigenvalue weighted by molar-refractivity contribution is -0.150. The number of rotatable bonds is 7. The molecule has 4 rings (SSSR count). The minimum atomic E-state index is -4.14. The molecule has 0 aliphatic carbocycles. The van der Waals surface area contributed by atoms with Gasteiger partial charge in [0.2, 0.25) is 15.9 Å². The lowest BCUT2D eigenvalue weighted by Crippen LogP contribution is -2.55. The Kier molecular flexibility index (Phi) is 7.73. The number of pyridine rings is 1. The third kappa shape index (κ3) is 6.05. The average Bonchev–Trinajstić information content (AvgIpc) is 2.87. The predicted molar refractivity (Wildman–Crippen MR) is 135 cm³/mol. The fourth-order valence-corrected chi connectivity index (χ4v) is 5.96. The molecule has 1 aromatic carbocycles. The minimum absolute atomic E-state index is 0.0379. The smallest absolute Gasteiger partial charge is 0.326 e. The first-order valence-corrected chi connectivity index (χ1v) is 13.4. The number of hydrogen-bond acceptors (Lipinski definition) is 7. The van der Waals surface area contributed by atoms with E-state index >= 15 is 0 Å². The van der Waals surface area contributed by atoms with Gasteiger partial charge in [-0.2, -0.15) is 9.98 Å². The molecule has 0 unspecified atom stereocenters. The first-order chi connectivity index (χ1) is 17.6. The van der Waals surface area contributed by atoms with Crippen LogP contribution in [0.3, 0.4) is 0 Å². The SMILES string of the molecule is CC1=CCN(C(=O)[C@H](Cc2ccnc(C#N)c2)NS(=O)(=O)c2ccc3c(c2)CN(C)CC3)[C@@H](C(=O)O)C1. The molecule has 11 heteroatoms. The van der Waals surface area contributed by atoms with Crippen LogP contribution >= 0.6 is 0 Å². The van der Waals surface area contributed by atoms with E-state index in [1.165, 1.54) is 23.2 Å². The molecule has 0 saturated carbocycles. The van der Waals surface area contributed by atoms with Crippen molar-refractivity contribution < 1.29 is 23.1 Å². The molecule has 3 heterocycles. The van der Waals surface area contributed by atoms with E-state index in [1.807, 2.05) is 13.1 Å². The van der Waals surface area contributed by atoms with Crippen LogP contribution in [0.4, 0.5) is 0 Å². The molecule has 2 aliphatic rings. The summed E-state index contributed by atoms with van der Waals surface area (Å²) in [6, 6.07) is 7.58. The van der Waals surface area contributed by atoms with Crippen LogP contribution in [0, 0.1) is 11.3 Å². The maximum atomic E-state index is 13.7. The molecule has 194 valence electrons. The molecule has 2 aliphatic heterocycles. The van der Waals surface area contributed by atoms with E-state index in [-0.39, 0.29) is 30.0 Å². The van der Waals surface area contributed by atoms with Crippen LogP contribution in [0.2, 0.25) is 0 Å². The second-order valence-corrected chi connectivity index (χ2v) is 11.3. The second-order valence-electron chi connectivity index (χ2n) is 9.56. The number of hydrogen-bond donors (Lipinski definition) is 2. The van der Waals surface area contributed by atoms with Gasteiger partial charge in [0.1, 0.15) is 23.8 Å². The molecule has 1 aromatic heterocycles. The van der Waals surface area contributed by atoms with E-state index in [9.17, 15) is 28.4 Å². The van der Waals surface area contributed by atoms with Gasteiger partial charge >= 0.3 is 5.97 Å². The zero-order chi connectivity index (χ0) is 26.7. The number of nitrogens with zero attached hydrogens (tertiary/aromatic N) is 4. The van der Waals surface area contributed by atoms with Crippen molar-refractivity contribution in [2.75, 3.05) is 20.1 Å². The van der Waals surface area contributed by atoms with E-state index in [0.717, 1.165) is 29.7 Å². The number of carboxylic acid groups (broad SMARTS) is 1. The molecule has 2 N–H and O–H groups in total. The largest absolute Gasteiger partial charge is 0.480 e. The Bertz CT molecular complexity index is 1400. The molecule has 10 nitrogen and oxygen atoms in total. The monoisotopic (exact) mass is 523 g/mol. The van der Waals surface area contributed by atoms with Crippen molar-refractivity contribution in [2.24, 2.45) is 0 Å². The highest BCUT2D eigenvalue weighted by molar-refractivity contribution is 7.89. The van der Waals surface area contributed by atoms with Gasteiger partial charge in [-0.15, -0.1) is 0 Å². The topological polar surface area (TPSA) is 144 Å². The van der Waals surface area contributed by atoms with Crippen LogP contribution in [0.15, 0.2) is 53.1 Å². The van der Waals surface area contributed by atoms with E-state index in [1.54, 1.807) is 31.2 Å². The molecule has 2 atom stereocenters. The molecule has 0 fully saturated rings. The van der Waals surface area contributed by atoms with Gasteiger partial charge in [-0.25, -0.2) is 18.2 Å². The fraction of sp³-hybridized carbons (Fsp3) is 0.385. The third-order valence-electron chi connectivity index (χ3n) is 6.76. The van der Waals surface area contributed by atoms with Crippen LogP contribution < -0.4 is 4.72 Å². The lowest BCUT2D eigenvalue weighted by Gasteiger charge is -2.34. The normalized spacial score (nSPS) is 18.9. The molecule has 0 spiro atoms. The van der Waals surface area contributed by atoms with Crippen LogP contribution in [0.25, 0.3) is 0 Å². The van der Waals surface area contributed by atoms with Crippen molar-refractivity contribution in [3.63, 3.8) is 0 Å². The Labute approximate surface area is 216 Å². The summed E-state index contributed by atoms with van der Waals surface area (Å²) in [4.78, 5) is 32.9. The van der Waals surface area contributed by atoms with Gasteiger partial charge in [0, 0.05) is 25.8 Å². The van der Waals surface area contributed by atoms with Crippen molar-refractivity contribution in [2.45, 2.75) is 49.7 Å². The van der Waals surface area contributed by atoms with E-state index in [2.05, 4.69) is 14.6 Å². The van der Waals surface area contributed by atoms with Gasteiger partial charge in [-0.05, 0) is 74.2 Å². The van der Waals surface area contributed by atoms with Crippen molar-refractivity contribution >= 4 is 21.9 Å². The molecular formula is C26H29N5O5S. The lowest BCUT2D eigenvalue weighted by atomic mass is 9.99. The zero-order valence-electron chi connectivity index (χ0n) is 20.7. The Morgan fingerprint density at radius 2 is 2.05 bits per heavy atom.